The van der Waals surface area contributed by atoms with Gasteiger partial charge in [-0.2, -0.15) is 0 Å². The molecule has 0 atom stereocenters. The Labute approximate surface area is 160 Å². The molecule has 2 aromatic rings. The molecule has 0 unspecified atom stereocenters. The SMILES string of the molecule is CCN(CC(=O)NCc1cccc(COC)c1)Cc1ccc2c(c1)OCO2. The lowest BCUT2D eigenvalue weighted by Gasteiger charge is -2.20. The molecule has 1 N–H and O–H groups in total. The summed E-state index contributed by atoms with van der Waals surface area (Å²) in [5.41, 5.74) is 3.26. The van der Waals surface area contributed by atoms with E-state index < -0.39 is 0 Å². The van der Waals surface area contributed by atoms with Crippen molar-refractivity contribution in [3.8, 4) is 11.5 Å². The summed E-state index contributed by atoms with van der Waals surface area (Å²) >= 11 is 0. The molecule has 0 spiro atoms. The van der Waals surface area contributed by atoms with Crippen molar-refractivity contribution in [3.05, 3.63) is 59.2 Å². The molecular formula is C21H26N2O4. The number of rotatable bonds is 9. The van der Waals surface area contributed by atoms with Gasteiger partial charge in [-0.3, -0.25) is 9.69 Å². The van der Waals surface area contributed by atoms with Gasteiger partial charge < -0.3 is 19.5 Å². The van der Waals surface area contributed by atoms with Gasteiger partial charge in [-0.15, -0.1) is 0 Å². The van der Waals surface area contributed by atoms with Gasteiger partial charge in [0, 0.05) is 20.2 Å². The quantitative estimate of drug-likeness (QED) is 0.735. The number of fused-ring (bicyclic) bond motifs is 1. The number of nitrogens with zero attached hydrogens (tertiary/aromatic N) is 1. The second kappa shape index (κ2) is 9.39. The van der Waals surface area contributed by atoms with Crippen LogP contribution in [0.3, 0.4) is 0 Å². The van der Waals surface area contributed by atoms with Gasteiger partial charge in [-0.1, -0.05) is 37.3 Å². The third-order valence-corrected chi connectivity index (χ3v) is 4.45. The highest BCUT2D eigenvalue weighted by molar-refractivity contribution is 5.78. The Balaban J connectivity index is 1.50. The predicted molar refractivity (Wildman–Crippen MR) is 103 cm³/mol. The average Bonchev–Trinajstić information content (AvgIpc) is 3.14. The molecule has 1 aliphatic heterocycles. The lowest BCUT2D eigenvalue weighted by Crippen LogP contribution is -2.36. The van der Waals surface area contributed by atoms with Gasteiger partial charge >= 0.3 is 0 Å². The van der Waals surface area contributed by atoms with E-state index in [4.69, 9.17) is 14.2 Å². The first-order valence-electron chi connectivity index (χ1n) is 9.12. The number of hydrogen-bond acceptors (Lipinski definition) is 5. The number of hydrogen-bond donors (Lipinski definition) is 1. The number of nitrogens with one attached hydrogen (secondary N) is 1. The topological polar surface area (TPSA) is 60.0 Å². The smallest absolute Gasteiger partial charge is 0.234 e. The lowest BCUT2D eigenvalue weighted by atomic mass is 10.1. The van der Waals surface area contributed by atoms with E-state index in [2.05, 4.69) is 17.1 Å². The van der Waals surface area contributed by atoms with E-state index in [-0.39, 0.29) is 12.7 Å². The first kappa shape index (κ1) is 19.2. The zero-order chi connectivity index (χ0) is 19.1. The van der Waals surface area contributed by atoms with Crippen LogP contribution in [0.5, 0.6) is 11.5 Å². The molecule has 2 aromatic carbocycles. The van der Waals surface area contributed by atoms with E-state index >= 15 is 0 Å². The fourth-order valence-electron chi connectivity index (χ4n) is 3.03. The molecule has 0 aliphatic carbocycles. The van der Waals surface area contributed by atoms with Gasteiger partial charge in [0.05, 0.1) is 13.2 Å². The van der Waals surface area contributed by atoms with Crippen LogP contribution in [-0.4, -0.2) is 37.8 Å². The van der Waals surface area contributed by atoms with Crippen molar-refractivity contribution in [1.29, 1.82) is 0 Å². The highest BCUT2D eigenvalue weighted by Gasteiger charge is 2.15. The minimum absolute atomic E-state index is 0.00902. The second-order valence-corrected chi connectivity index (χ2v) is 6.52. The van der Waals surface area contributed by atoms with Crippen LogP contribution in [-0.2, 0) is 29.2 Å². The minimum atomic E-state index is 0.00902. The number of carbonyl (C=O) groups is 1. The molecule has 3 rings (SSSR count). The van der Waals surface area contributed by atoms with Crippen molar-refractivity contribution >= 4 is 5.91 Å². The van der Waals surface area contributed by atoms with Crippen LogP contribution in [0.15, 0.2) is 42.5 Å². The molecule has 0 radical (unpaired) electrons. The van der Waals surface area contributed by atoms with Crippen LogP contribution in [0.25, 0.3) is 0 Å². The van der Waals surface area contributed by atoms with Crippen LogP contribution in [0.4, 0.5) is 0 Å². The Morgan fingerprint density at radius 3 is 2.74 bits per heavy atom. The number of methoxy groups -OCH3 is 1. The summed E-state index contributed by atoms with van der Waals surface area (Å²) in [6.45, 7) is 5.22. The van der Waals surface area contributed by atoms with Crippen LogP contribution in [0.2, 0.25) is 0 Å². The van der Waals surface area contributed by atoms with Crippen molar-refractivity contribution in [2.24, 2.45) is 0 Å². The number of ether oxygens (including phenoxy) is 3. The Kier molecular flexibility index (Phi) is 6.68. The first-order chi connectivity index (χ1) is 13.2. The highest BCUT2D eigenvalue weighted by atomic mass is 16.7. The van der Waals surface area contributed by atoms with Crippen LogP contribution in [0.1, 0.15) is 23.6 Å². The summed E-state index contributed by atoms with van der Waals surface area (Å²) in [5, 5.41) is 2.99. The van der Waals surface area contributed by atoms with Gasteiger partial charge in [0.2, 0.25) is 12.7 Å². The van der Waals surface area contributed by atoms with Crippen LogP contribution < -0.4 is 14.8 Å². The molecule has 144 valence electrons. The maximum Gasteiger partial charge on any atom is 0.234 e. The third-order valence-electron chi connectivity index (χ3n) is 4.45. The summed E-state index contributed by atoms with van der Waals surface area (Å²) in [7, 11) is 1.67. The fraction of sp³-hybridized carbons (Fsp3) is 0.381. The molecule has 0 bridgehead atoms. The molecule has 0 saturated heterocycles. The number of amides is 1. The molecule has 27 heavy (non-hydrogen) atoms. The highest BCUT2D eigenvalue weighted by Crippen LogP contribution is 2.32. The van der Waals surface area contributed by atoms with Gasteiger partial charge in [0.15, 0.2) is 11.5 Å². The Hall–Kier alpha value is -2.57. The summed E-state index contributed by atoms with van der Waals surface area (Å²) in [6.07, 6.45) is 0. The van der Waals surface area contributed by atoms with Crippen molar-refractivity contribution in [2.45, 2.75) is 26.6 Å². The summed E-state index contributed by atoms with van der Waals surface area (Å²) in [6, 6.07) is 13.9. The van der Waals surface area contributed by atoms with Crippen molar-refractivity contribution in [3.63, 3.8) is 0 Å². The predicted octanol–water partition coefficient (Wildman–Crippen LogP) is 2.70. The zero-order valence-electron chi connectivity index (χ0n) is 15.9. The van der Waals surface area contributed by atoms with Gasteiger partial charge in [0.25, 0.3) is 0 Å². The summed E-state index contributed by atoms with van der Waals surface area (Å²) < 4.78 is 15.9. The number of carbonyl (C=O) groups excluding carboxylic acids is 1. The molecule has 1 amide bonds. The van der Waals surface area contributed by atoms with E-state index in [0.717, 1.165) is 34.7 Å². The van der Waals surface area contributed by atoms with E-state index in [1.165, 1.54) is 0 Å². The molecule has 0 saturated carbocycles. The van der Waals surface area contributed by atoms with E-state index in [9.17, 15) is 4.79 Å². The Morgan fingerprint density at radius 1 is 1.11 bits per heavy atom. The average molecular weight is 370 g/mol. The molecule has 6 nitrogen and oxygen atoms in total. The van der Waals surface area contributed by atoms with Crippen LogP contribution >= 0.6 is 0 Å². The maximum atomic E-state index is 12.4. The zero-order valence-corrected chi connectivity index (χ0v) is 15.9. The minimum Gasteiger partial charge on any atom is -0.454 e. The molecule has 1 heterocycles. The Morgan fingerprint density at radius 2 is 1.93 bits per heavy atom. The number of likely N-dealkylation sites (N-methyl/N-ethyl adjacent to an activating group) is 1. The normalized spacial score (nSPS) is 12.4. The largest absolute Gasteiger partial charge is 0.454 e. The molecule has 1 aliphatic rings. The van der Waals surface area contributed by atoms with Crippen molar-refractivity contribution < 1.29 is 19.0 Å². The maximum absolute atomic E-state index is 12.4. The van der Waals surface area contributed by atoms with Gasteiger partial charge in [-0.25, -0.2) is 0 Å². The number of benzene rings is 2. The van der Waals surface area contributed by atoms with E-state index in [1.54, 1.807) is 7.11 Å². The molecule has 6 heteroatoms. The summed E-state index contributed by atoms with van der Waals surface area (Å²) in [5.74, 6) is 1.55. The molecular weight excluding hydrogens is 344 g/mol. The second-order valence-electron chi connectivity index (χ2n) is 6.52. The van der Waals surface area contributed by atoms with Crippen LogP contribution in [0, 0.1) is 0 Å². The molecule has 0 fully saturated rings. The standard InChI is InChI=1S/C21H26N2O4/c1-3-23(12-17-7-8-19-20(10-17)27-15-26-19)13-21(24)22-11-16-5-4-6-18(9-16)14-25-2/h4-10H,3,11-15H2,1-2H3,(H,22,24). The monoisotopic (exact) mass is 370 g/mol. The summed E-state index contributed by atoms with van der Waals surface area (Å²) in [4.78, 5) is 14.4. The van der Waals surface area contributed by atoms with Gasteiger partial charge in [-0.05, 0) is 35.4 Å². The lowest BCUT2D eigenvalue weighted by molar-refractivity contribution is -0.122. The van der Waals surface area contributed by atoms with E-state index in [1.807, 2.05) is 42.5 Å². The van der Waals surface area contributed by atoms with Crippen molar-refractivity contribution in [2.75, 3.05) is 27.0 Å². The fourth-order valence-corrected chi connectivity index (χ4v) is 3.03. The Bertz CT molecular complexity index is 779. The first-order valence-corrected chi connectivity index (χ1v) is 9.12. The van der Waals surface area contributed by atoms with E-state index in [0.29, 0.717) is 26.2 Å². The van der Waals surface area contributed by atoms with Crippen molar-refractivity contribution in [1.82, 2.24) is 10.2 Å². The molecule has 0 aromatic heterocycles. The third kappa shape index (κ3) is 5.45. The van der Waals surface area contributed by atoms with Gasteiger partial charge in [0.1, 0.15) is 0 Å².